The highest BCUT2D eigenvalue weighted by atomic mass is 16.5. The smallest absolute Gasteiger partial charge is 0.158 e. The molecule has 0 saturated heterocycles. The van der Waals surface area contributed by atoms with Crippen LogP contribution in [0.1, 0.15) is 43.0 Å². The Morgan fingerprint density at radius 2 is 1.38 bits per heavy atom. The van der Waals surface area contributed by atoms with Crippen LogP contribution in [0.25, 0.3) is 49.6 Å². The van der Waals surface area contributed by atoms with Gasteiger partial charge >= 0.3 is 0 Å². The Morgan fingerprint density at radius 1 is 0.618 bits per heavy atom. The van der Waals surface area contributed by atoms with Gasteiger partial charge in [-0.25, -0.2) is 9.97 Å². The number of aryl methyl sites for hydroxylation is 3. The number of ether oxygens (including phenoxy) is 1. The van der Waals surface area contributed by atoms with Crippen molar-refractivity contribution in [3.63, 3.8) is 0 Å². The van der Waals surface area contributed by atoms with E-state index in [-0.39, 0.29) is 5.41 Å². The van der Waals surface area contributed by atoms with Crippen molar-refractivity contribution in [1.29, 1.82) is 0 Å². The van der Waals surface area contributed by atoms with E-state index in [2.05, 4.69) is 147 Å². The second kappa shape index (κ2) is 12.2. The van der Waals surface area contributed by atoms with E-state index >= 15 is 0 Å². The molecule has 10 rings (SSSR count). The average molecular weight is 720 g/mol. The molecule has 0 amide bonds. The van der Waals surface area contributed by atoms with E-state index in [0.29, 0.717) is 12.4 Å². The Morgan fingerprint density at radius 3 is 2.20 bits per heavy atom. The van der Waals surface area contributed by atoms with E-state index in [1.54, 1.807) is 0 Å². The van der Waals surface area contributed by atoms with Gasteiger partial charge in [0.05, 0.1) is 27.8 Å². The van der Waals surface area contributed by atoms with Gasteiger partial charge in [0, 0.05) is 52.4 Å². The second-order valence-corrected chi connectivity index (χ2v) is 15.8. The van der Waals surface area contributed by atoms with E-state index in [1.807, 2.05) is 36.7 Å². The molecule has 0 bridgehead atoms. The molecule has 0 N–H and O–H groups in total. The number of anilines is 4. The Kier molecular flexibility index (Phi) is 7.33. The lowest BCUT2D eigenvalue weighted by Crippen LogP contribution is -2.25. The number of benzene rings is 5. The fourth-order valence-electron chi connectivity index (χ4n) is 8.56. The lowest BCUT2D eigenvalue weighted by Gasteiger charge is -2.25. The van der Waals surface area contributed by atoms with Crippen molar-refractivity contribution in [1.82, 2.24) is 14.5 Å². The molecule has 7 nitrogen and oxygen atoms in total. The largest absolute Gasteiger partial charge is 0.457 e. The highest BCUT2D eigenvalue weighted by molar-refractivity contribution is 6.14. The van der Waals surface area contributed by atoms with Crippen LogP contribution in [0, 0.1) is 20.8 Å². The molecule has 0 aliphatic carbocycles. The quantitative estimate of drug-likeness (QED) is 0.176. The number of rotatable bonds is 5. The van der Waals surface area contributed by atoms with Crippen LogP contribution >= 0.6 is 0 Å². The number of nitrogens with zero attached hydrogens (tertiary/aromatic N) is 5. The minimum absolute atomic E-state index is 0.0159. The Hall–Kier alpha value is -6.60. The molecule has 5 aromatic carbocycles. The predicted molar refractivity (Wildman–Crippen MR) is 225 cm³/mol. The Balaban J connectivity index is 1.13. The summed E-state index contributed by atoms with van der Waals surface area (Å²) in [6.45, 7) is 13.8. The number of pyridine rings is 2. The maximum Gasteiger partial charge on any atom is 0.158 e. The molecule has 9 aromatic rings. The Labute approximate surface area is 320 Å². The molecule has 1 aliphatic heterocycles. The fraction of sp³-hybridized carbons (Fsp3) is 0.167. The second-order valence-electron chi connectivity index (χ2n) is 15.8. The zero-order valence-electron chi connectivity index (χ0n) is 31.9. The van der Waals surface area contributed by atoms with Gasteiger partial charge in [0.1, 0.15) is 35.2 Å². The van der Waals surface area contributed by atoms with Crippen LogP contribution < -0.4 is 14.5 Å². The summed E-state index contributed by atoms with van der Waals surface area (Å²) in [4.78, 5) is 14.5. The highest BCUT2D eigenvalue weighted by Crippen LogP contribution is 2.49. The summed E-state index contributed by atoms with van der Waals surface area (Å²) in [7, 11) is 0. The molecule has 5 heterocycles. The van der Waals surface area contributed by atoms with E-state index in [9.17, 15) is 0 Å². The maximum atomic E-state index is 6.85. The fourth-order valence-corrected chi connectivity index (χ4v) is 8.56. The molecule has 0 radical (unpaired) electrons. The van der Waals surface area contributed by atoms with E-state index in [1.165, 1.54) is 33.3 Å². The number of furan rings is 1. The van der Waals surface area contributed by atoms with Crippen molar-refractivity contribution >= 4 is 66.6 Å². The first kappa shape index (κ1) is 33.0. The van der Waals surface area contributed by atoms with E-state index in [4.69, 9.17) is 19.1 Å². The van der Waals surface area contributed by atoms with Gasteiger partial charge in [0.15, 0.2) is 5.82 Å². The molecule has 1 aliphatic rings. The van der Waals surface area contributed by atoms with Gasteiger partial charge in [-0.2, -0.15) is 0 Å². The number of para-hydroxylation sites is 2. The number of aromatic nitrogens is 3. The molecule has 0 fully saturated rings. The molecule has 7 heteroatoms. The lowest BCUT2D eigenvalue weighted by atomic mass is 9.88. The van der Waals surface area contributed by atoms with Gasteiger partial charge in [0.25, 0.3) is 0 Å². The summed E-state index contributed by atoms with van der Waals surface area (Å²) in [5, 5.41) is 4.38. The van der Waals surface area contributed by atoms with Gasteiger partial charge in [-0.15, -0.1) is 0 Å². The van der Waals surface area contributed by atoms with Crippen LogP contribution in [0.2, 0.25) is 0 Å². The highest BCUT2D eigenvalue weighted by Gasteiger charge is 2.33. The summed E-state index contributed by atoms with van der Waals surface area (Å²) < 4.78 is 15.7. The normalized spacial score (nSPS) is 13.1. The summed E-state index contributed by atoms with van der Waals surface area (Å²) in [5.41, 5.74) is 11.9. The van der Waals surface area contributed by atoms with Crippen LogP contribution in [-0.4, -0.2) is 21.2 Å². The number of hydrogen-bond acceptors (Lipinski definition) is 6. The zero-order valence-corrected chi connectivity index (χ0v) is 31.9. The minimum Gasteiger partial charge on any atom is -0.457 e. The third-order valence-electron chi connectivity index (χ3n) is 10.9. The van der Waals surface area contributed by atoms with Crippen molar-refractivity contribution in [3.05, 3.63) is 150 Å². The van der Waals surface area contributed by atoms with E-state index < -0.39 is 0 Å². The number of hydrogen-bond donors (Lipinski definition) is 0. The van der Waals surface area contributed by atoms with Crippen molar-refractivity contribution in [2.75, 3.05) is 16.5 Å². The Bertz CT molecular complexity index is 2960. The number of fused-ring (bicyclic) bond motifs is 7. The average Bonchev–Trinajstić information content (AvgIpc) is 3.84. The van der Waals surface area contributed by atoms with Gasteiger partial charge in [0.2, 0.25) is 0 Å². The molecule has 55 heavy (non-hydrogen) atoms. The van der Waals surface area contributed by atoms with Crippen LogP contribution in [0.4, 0.5) is 22.9 Å². The molecule has 0 unspecified atom stereocenters. The predicted octanol–water partition coefficient (Wildman–Crippen LogP) is 12.7. The molecule has 0 spiro atoms. The summed E-state index contributed by atoms with van der Waals surface area (Å²) in [6.07, 6.45) is 3.78. The maximum absolute atomic E-state index is 6.85. The third-order valence-corrected chi connectivity index (χ3v) is 10.9. The van der Waals surface area contributed by atoms with Crippen molar-refractivity contribution in [2.24, 2.45) is 0 Å². The first-order chi connectivity index (χ1) is 26.6. The lowest BCUT2D eigenvalue weighted by molar-refractivity contribution is 0.483. The standard InChI is InChI=1S/C48H41N5O2/c1-29-22-30(2)46(31(3)23-29)51-28-52(47-39(51)15-11-20-50-47)41-26-34(27-43-45(41)37-13-8-10-16-42(37)55-43)54-33-17-18-36-35-12-7-9-14-38(35)53(40(36)25-33)44-24-32(19-21-49-44)48(4,5)6/h7-27H,28H2,1-6H3. The molecule has 270 valence electrons. The van der Waals surface area contributed by atoms with Crippen LogP contribution in [-0.2, 0) is 5.41 Å². The molecular weight excluding hydrogens is 679 g/mol. The zero-order chi connectivity index (χ0) is 37.6. The first-order valence-corrected chi connectivity index (χ1v) is 18.8. The van der Waals surface area contributed by atoms with Crippen LogP contribution in [0.3, 0.4) is 0 Å². The molecule has 0 saturated carbocycles. The van der Waals surface area contributed by atoms with Gasteiger partial charge < -0.3 is 19.0 Å². The summed E-state index contributed by atoms with van der Waals surface area (Å²) in [5.74, 6) is 3.17. The molecule has 4 aromatic heterocycles. The summed E-state index contributed by atoms with van der Waals surface area (Å²) in [6, 6.07) is 40.2. The van der Waals surface area contributed by atoms with Crippen LogP contribution in [0.5, 0.6) is 11.5 Å². The van der Waals surface area contributed by atoms with Crippen molar-refractivity contribution in [2.45, 2.75) is 47.0 Å². The topological polar surface area (TPSA) is 59.6 Å². The van der Waals surface area contributed by atoms with Crippen molar-refractivity contribution < 1.29 is 9.15 Å². The van der Waals surface area contributed by atoms with Gasteiger partial charge in [-0.1, -0.05) is 74.9 Å². The third kappa shape index (κ3) is 5.33. The first-order valence-electron chi connectivity index (χ1n) is 18.8. The minimum atomic E-state index is -0.0159. The SMILES string of the molecule is Cc1cc(C)c(N2CN(c3cc(Oc4ccc5c6ccccc6n(-c6cc(C(C)(C)C)ccn6)c5c4)cc4oc5ccccc5c34)c3ncccc32)c(C)c1. The van der Waals surface area contributed by atoms with E-state index in [0.717, 1.165) is 67.1 Å². The monoisotopic (exact) mass is 719 g/mol. The van der Waals surface area contributed by atoms with Gasteiger partial charge in [-0.05, 0) is 91.4 Å². The molecular formula is C48H41N5O2. The molecule has 0 atom stereocenters. The van der Waals surface area contributed by atoms with Crippen molar-refractivity contribution in [3.8, 4) is 17.3 Å². The van der Waals surface area contributed by atoms with Crippen LogP contribution in [0.15, 0.2) is 132 Å². The van der Waals surface area contributed by atoms with Gasteiger partial charge in [-0.3, -0.25) is 4.57 Å². The summed E-state index contributed by atoms with van der Waals surface area (Å²) >= 11 is 0.